The van der Waals surface area contributed by atoms with Crippen LogP contribution in [0.5, 0.6) is 0 Å². The number of alkyl halides is 4. The molecule has 0 bridgehead atoms. The maximum atomic E-state index is 15.0. The second-order valence-corrected chi connectivity index (χ2v) is 10.7. The van der Waals surface area contributed by atoms with Crippen LogP contribution in [-0.2, 0) is 11.2 Å². The molecule has 2 fully saturated rings. The standard InChI is InChI=1S/C25H26F4N6OS/c1-15-10-21(34-33-15)30-20-12-22(35-13-24(26,14-35)17-4-5-17)32-23(31-20)37-19-6-2-16(3-7-19)11-18(36)8-9-25(27,28)29/h2-3,6-7,10,12,17H,4-5,8-9,11,13-14H2,1H3,(H2,30,31,32,33,34). The molecule has 5 rings (SSSR count). The average molecular weight is 535 g/mol. The number of aryl methyl sites for hydroxylation is 1. The number of Topliss-reactive ketones (excluding diaryl/α,β-unsaturated/α-hetero) is 1. The summed E-state index contributed by atoms with van der Waals surface area (Å²) in [5.74, 6) is 1.42. The van der Waals surface area contributed by atoms with E-state index in [0.29, 0.717) is 41.3 Å². The number of rotatable bonds is 10. The number of carbonyl (C=O) groups is 1. The monoisotopic (exact) mass is 534 g/mol. The second kappa shape index (κ2) is 9.96. The van der Waals surface area contributed by atoms with E-state index in [1.807, 2.05) is 17.9 Å². The van der Waals surface area contributed by atoms with Gasteiger partial charge in [-0.1, -0.05) is 12.1 Å². The Kier molecular flexibility index (Phi) is 6.86. The Hall–Kier alpha value is -3.15. The highest BCUT2D eigenvalue weighted by Crippen LogP contribution is 2.48. The van der Waals surface area contributed by atoms with Crippen molar-refractivity contribution in [1.82, 2.24) is 20.2 Å². The predicted octanol–water partition coefficient (Wildman–Crippen LogP) is 5.80. The summed E-state index contributed by atoms with van der Waals surface area (Å²) >= 11 is 1.30. The molecule has 1 saturated carbocycles. The minimum Gasteiger partial charge on any atom is -0.350 e. The number of H-pyrrole nitrogens is 1. The summed E-state index contributed by atoms with van der Waals surface area (Å²) in [5, 5.41) is 10.7. The number of nitrogens with one attached hydrogen (secondary N) is 2. The number of aromatic nitrogens is 4. The summed E-state index contributed by atoms with van der Waals surface area (Å²) in [7, 11) is 0. The zero-order valence-corrected chi connectivity index (χ0v) is 20.9. The molecule has 2 N–H and O–H groups in total. The number of hydrogen-bond acceptors (Lipinski definition) is 7. The zero-order valence-electron chi connectivity index (χ0n) is 20.1. The molecule has 0 radical (unpaired) electrons. The Morgan fingerprint density at radius 3 is 2.51 bits per heavy atom. The van der Waals surface area contributed by atoms with Crippen molar-refractivity contribution in [3.05, 3.63) is 47.7 Å². The van der Waals surface area contributed by atoms with Crippen LogP contribution < -0.4 is 10.2 Å². The van der Waals surface area contributed by atoms with Gasteiger partial charge in [0.1, 0.15) is 23.1 Å². The van der Waals surface area contributed by atoms with Gasteiger partial charge in [-0.05, 0) is 55.1 Å². The molecule has 0 amide bonds. The van der Waals surface area contributed by atoms with E-state index in [1.54, 1.807) is 30.3 Å². The topological polar surface area (TPSA) is 86.8 Å². The molecule has 196 valence electrons. The van der Waals surface area contributed by atoms with E-state index in [-0.39, 0.29) is 12.3 Å². The van der Waals surface area contributed by atoms with Gasteiger partial charge in [0, 0.05) is 35.6 Å². The SMILES string of the molecule is Cc1cc(Nc2cc(N3CC(F)(C4CC4)C3)nc(Sc3ccc(CC(=O)CCC(F)(F)F)cc3)n2)n[nH]1. The molecule has 0 atom stereocenters. The normalized spacial score (nSPS) is 16.9. The van der Waals surface area contributed by atoms with E-state index in [1.165, 1.54) is 11.8 Å². The fraction of sp³-hybridized carbons (Fsp3) is 0.440. The van der Waals surface area contributed by atoms with Gasteiger partial charge in [0.25, 0.3) is 0 Å². The average Bonchev–Trinajstić information content (AvgIpc) is 3.59. The minimum atomic E-state index is -4.34. The van der Waals surface area contributed by atoms with Gasteiger partial charge in [-0.15, -0.1) is 0 Å². The molecule has 0 unspecified atom stereocenters. The van der Waals surface area contributed by atoms with Gasteiger partial charge in [-0.25, -0.2) is 14.4 Å². The number of aromatic amines is 1. The van der Waals surface area contributed by atoms with E-state index < -0.39 is 30.5 Å². The van der Waals surface area contributed by atoms with Crippen molar-refractivity contribution in [3.63, 3.8) is 0 Å². The molecule has 2 aliphatic rings. The molecule has 12 heteroatoms. The molecule has 37 heavy (non-hydrogen) atoms. The highest BCUT2D eigenvalue weighted by Gasteiger charge is 2.54. The first-order valence-electron chi connectivity index (χ1n) is 12.0. The van der Waals surface area contributed by atoms with Gasteiger partial charge in [0.2, 0.25) is 0 Å². The molecule has 0 spiro atoms. The van der Waals surface area contributed by atoms with Crippen molar-refractivity contribution in [3.8, 4) is 0 Å². The van der Waals surface area contributed by atoms with E-state index in [9.17, 15) is 22.4 Å². The number of anilines is 3. The maximum absolute atomic E-state index is 15.0. The third-order valence-corrected chi connectivity index (χ3v) is 7.29. The van der Waals surface area contributed by atoms with E-state index >= 15 is 0 Å². The minimum absolute atomic E-state index is 0.0505. The number of benzene rings is 1. The lowest BCUT2D eigenvalue weighted by atomic mass is 9.91. The van der Waals surface area contributed by atoms with Crippen molar-refractivity contribution < 1.29 is 22.4 Å². The summed E-state index contributed by atoms with van der Waals surface area (Å²) in [4.78, 5) is 23.8. The first-order valence-corrected chi connectivity index (χ1v) is 12.8. The van der Waals surface area contributed by atoms with Gasteiger partial charge in [0.05, 0.1) is 19.5 Å². The van der Waals surface area contributed by atoms with Crippen LogP contribution in [-0.4, -0.2) is 50.9 Å². The number of carbonyl (C=O) groups excluding carboxylic acids is 1. The summed E-state index contributed by atoms with van der Waals surface area (Å²) in [6, 6.07) is 10.6. The lowest BCUT2D eigenvalue weighted by Gasteiger charge is -2.45. The lowest BCUT2D eigenvalue weighted by molar-refractivity contribution is -0.143. The number of hydrogen-bond donors (Lipinski definition) is 2. The molecular weight excluding hydrogens is 508 g/mol. The van der Waals surface area contributed by atoms with Crippen molar-refractivity contribution in [2.45, 2.75) is 60.9 Å². The van der Waals surface area contributed by atoms with Gasteiger partial charge in [0.15, 0.2) is 11.0 Å². The van der Waals surface area contributed by atoms with Crippen LogP contribution in [0.25, 0.3) is 0 Å². The first kappa shape index (κ1) is 25.5. The van der Waals surface area contributed by atoms with Crippen molar-refractivity contribution in [2.75, 3.05) is 23.3 Å². The van der Waals surface area contributed by atoms with Crippen molar-refractivity contribution >= 4 is 35.0 Å². The molecule has 2 aromatic heterocycles. The molecule has 3 heterocycles. The highest BCUT2D eigenvalue weighted by molar-refractivity contribution is 7.99. The van der Waals surface area contributed by atoms with Crippen LogP contribution in [0.1, 0.15) is 36.9 Å². The van der Waals surface area contributed by atoms with Crippen LogP contribution in [0.2, 0.25) is 0 Å². The third-order valence-electron chi connectivity index (χ3n) is 6.42. The van der Waals surface area contributed by atoms with E-state index in [4.69, 9.17) is 0 Å². The Morgan fingerprint density at radius 2 is 1.89 bits per heavy atom. The number of halogens is 4. The molecule has 3 aromatic rings. The van der Waals surface area contributed by atoms with Crippen LogP contribution in [0.15, 0.2) is 46.5 Å². The smallest absolute Gasteiger partial charge is 0.350 e. The lowest BCUT2D eigenvalue weighted by Crippen LogP contribution is -2.60. The van der Waals surface area contributed by atoms with Crippen LogP contribution >= 0.6 is 11.8 Å². The number of nitrogens with zero attached hydrogens (tertiary/aromatic N) is 4. The number of ketones is 1. The first-order chi connectivity index (χ1) is 17.5. The van der Waals surface area contributed by atoms with Crippen LogP contribution in [0.4, 0.5) is 35.0 Å². The largest absolute Gasteiger partial charge is 0.389 e. The Bertz CT molecular complexity index is 1270. The van der Waals surface area contributed by atoms with Crippen LogP contribution in [0.3, 0.4) is 0 Å². The second-order valence-electron chi connectivity index (χ2n) is 9.70. The fourth-order valence-electron chi connectivity index (χ4n) is 4.28. The van der Waals surface area contributed by atoms with E-state index in [2.05, 4.69) is 25.5 Å². The molecule has 1 aliphatic carbocycles. The zero-order chi connectivity index (χ0) is 26.2. The summed E-state index contributed by atoms with van der Waals surface area (Å²) in [5.41, 5.74) is 0.374. The Labute approximate surface area is 215 Å². The molecular formula is C25H26F4N6OS. The summed E-state index contributed by atoms with van der Waals surface area (Å²) in [6.45, 7) is 2.49. The molecule has 7 nitrogen and oxygen atoms in total. The van der Waals surface area contributed by atoms with Gasteiger partial charge in [-0.3, -0.25) is 9.89 Å². The molecule has 1 aliphatic heterocycles. The predicted molar refractivity (Wildman–Crippen MR) is 132 cm³/mol. The van der Waals surface area contributed by atoms with Crippen molar-refractivity contribution in [2.24, 2.45) is 5.92 Å². The van der Waals surface area contributed by atoms with Gasteiger partial charge in [-0.2, -0.15) is 18.3 Å². The van der Waals surface area contributed by atoms with E-state index in [0.717, 1.165) is 23.4 Å². The third kappa shape index (κ3) is 6.60. The van der Waals surface area contributed by atoms with Gasteiger partial charge >= 0.3 is 6.18 Å². The van der Waals surface area contributed by atoms with Crippen LogP contribution in [0, 0.1) is 12.8 Å². The summed E-state index contributed by atoms with van der Waals surface area (Å²) < 4.78 is 52.0. The molecule has 1 aromatic carbocycles. The Morgan fingerprint density at radius 1 is 1.16 bits per heavy atom. The Balaban J connectivity index is 1.28. The molecule has 1 saturated heterocycles. The van der Waals surface area contributed by atoms with Crippen molar-refractivity contribution in [1.29, 1.82) is 0 Å². The highest BCUT2D eigenvalue weighted by atomic mass is 32.2. The summed E-state index contributed by atoms with van der Waals surface area (Å²) in [6.07, 6.45) is -4.15. The quantitative estimate of drug-likeness (QED) is 0.251. The van der Waals surface area contributed by atoms with Gasteiger partial charge < -0.3 is 10.2 Å². The maximum Gasteiger partial charge on any atom is 0.389 e. The fourth-order valence-corrected chi connectivity index (χ4v) is 5.05.